The maximum Gasteiger partial charge on any atom is 0.417 e. The first-order chi connectivity index (χ1) is 17.0. The number of aromatic nitrogens is 3. The molecule has 0 bridgehead atoms. The molecule has 0 fully saturated rings. The van der Waals surface area contributed by atoms with Gasteiger partial charge in [0.1, 0.15) is 11.6 Å². The number of benzene rings is 1. The van der Waals surface area contributed by atoms with Gasteiger partial charge in [0.15, 0.2) is 0 Å². The van der Waals surface area contributed by atoms with Crippen LogP contribution in [0.2, 0.25) is 5.02 Å². The molecule has 10 nitrogen and oxygen atoms in total. The fraction of sp³-hybridized carbons (Fsp3) is 0.190. The third-order valence-corrected chi connectivity index (χ3v) is 5.43. The number of amides is 4. The van der Waals surface area contributed by atoms with E-state index in [2.05, 4.69) is 30.9 Å². The van der Waals surface area contributed by atoms with Gasteiger partial charge in [0.2, 0.25) is 5.95 Å². The predicted molar refractivity (Wildman–Crippen MR) is 125 cm³/mol. The van der Waals surface area contributed by atoms with Gasteiger partial charge < -0.3 is 16.0 Å². The van der Waals surface area contributed by atoms with Gasteiger partial charge in [-0.15, -0.1) is 0 Å². The lowest BCUT2D eigenvalue weighted by molar-refractivity contribution is -0.137. The van der Waals surface area contributed by atoms with Crippen molar-refractivity contribution in [3.63, 3.8) is 0 Å². The summed E-state index contributed by atoms with van der Waals surface area (Å²) in [5, 5.41) is 7.04. The molecule has 3 N–H and O–H groups in total. The quantitative estimate of drug-likeness (QED) is 0.416. The Hall–Kier alpha value is -4.20. The van der Waals surface area contributed by atoms with Crippen molar-refractivity contribution in [3.05, 3.63) is 58.8 Å². The van der Waals surface area contributed by atoms with E-state index in [1.807, 2.05) is 0 Å². The summed E-state index contributed by atoms with van der Waals surface area (Å²) in [6.07, 6.45) is -1.54. The number of pyridine rings is 1. The summed E-state index contributed by atoms with van der Waals surface area (Å²) in [5.41, 5.74) is -1.04. The number of halogens is 5. The number of alkyl halides is 3. The lowest BCUT2D eigenvalue weighted by Crippen LogP contribution is -2.46. The number of nitrogens with zero attached hydrogens (tertiary/aromatic N) is 5. The summed E-state index contributed by atoms with van der Waals surface area (Å²) >= 11 is 6.21. The summed E-state index contributed by atoms with van der Waals surface area (Å²) in [5.74, 6) is -0.238. The second-order valence-electron chi connectivity index (χ2n) is 7.54. The molecule has 188 valence electrons. The molecule has 1 aliphatic heterocycles. The third-order valence-electron chi connectivity index (χ3n) is 5.13. The lowest BCUT2D eigenvalue weighted by Gasteiger charge is -2.34. The largest absolute Gasteiger partial charge is 0.417 e. The van der Waals surface area contributed by atoms with Crippen molar-refractivity contribution < 1.29 is 27.2 Å². The highest BCUT2D eigenvalue weighted by atomic mass is 35.5. The molecule has 0 spiro atoms. The normalized spacial score (nSPS) is 13.4. The molecule has 0 radical (unpaired) electrons. The number of fused-ring (bicyclic) bond motifs is 1. The van der Waals surface area contributed by atoms with Gasteiger partial charge in [-0.25, -0.2) is 19.0 Å². The van der Waals surface area contributed by atoms with Crippen molar-refractivity contribution in [2.45, 2.75) is 12.7 Å². The van der Waals surface area contributed by atoms with Crippen molar-refractivity contribution in [2.24, 2.45) is 0 Å². The zero-order chi connectivity index (χ0) is 26.2. The average molecular weight is 525 g/mol. The van der Waals surface area contributed by atoms with Gasteiger partial charge in [0.25, 0.3) is 0 Å². The Morgan fingerprint density at radius 2 is 1.89 bits per heavy atom. The van der Waals surface area contributed by atoms with Crippen LogP contribution in [0.25, 0.3) is 0 Å². The molecule has 3 aromatic rings. The van der Waals surface area contributed by atoms with Crippen molar-refractivity contribution in [1.82, 2.24) is 15.0 Å². The molecule has 2 aromatic heterocycles. The highest BCUT2D eigenvalue weighted by Crippen LogP contribution is 2.37. The van der Waals surface area contributed by atoms with E-state index in [9.17, 15) is 27.2 Å². The monoisotopic (exact) mass is 524 g/mol. The minimum absolute atomic E-state index is 0.00932. The zero-order valence-corrected chi connectivity index (χ0v) is 19.4. The summed E-state index contributed by atoms with van der Waals surface area (Å²) in [6, 6.07) is 1.16. The van der Waals surface area contributed by atoms with Gasteiger partial charge in [0, 0.05) is 32.1 Å². The molecule has 0 saturated heterocycles. The lowest BCUT2D eigenvalue weighted by atomic mass is 10.2. The average Bonchev–Trinajstić information content (AvgIpc) is 2.82. The highest BCUT2D eigenvalue weighted by molar-refractivity contribution is 6.34. The summed E-state index contributed by atoms with van der Waals surface area (Å²) < 4.78 is 53.2. The maximum atomic E-state index is 14.6. The van der Waals surface area contributed by atoms with E-state index in [1.165, 1.54) is 23.0 Å². The number of urea groups is 2. The molecular weight excluding hydrogens is 508 g/mol. The molecule has 3 heterocycles. The van der Waals surface area contributed by atoms with Crippen LogP contribution in [0.1, 0.15) is 11.1 Å². The molecular formula is C21H17ClF4N8O2. The van der Waals surface area contributed by atoms with E-state index in [1.54, 1.807) is 7.05 Å². The molecule has 0 saturated carbocycles. The second-order valence-corrected chi connectivity index (χ2v) is 7.95. The minimum Gasteiger partial charge on any atom is -0.357 e. The van der Waals surface area contributed by atoms with Crippen molar-refractivity contribution >= 4 is 52.5 Å². The first kappa shape index (κ1) is 24.9. The smallest absolute Gasteiger partial charge is 0.357 e. The fourth-order valence-corrected chi connectivity index (χ4v) is 3.66. The standard InChI is InChI=1S/C21H17ClF4N8O2/c1-27-18-29-6-10-9-34(20(36)33(2)17(10)32-18)16-5-15(14(23)4-13(16)22)31-19(35)30-12-3-11(7-28-8-12)21(24,25)26/h3-8H,9H2,1-2H3,(H,27,29,32)(H2,30,31,35). The number of carbonyl (C=O) groups excluding carboxylic acids is 2. The molecule has 15 heteroatoms. The van der Waals surface area contributed by atoms with Crippen LogP contribution in [0.5, 0.6) is 0 Å². The molecule has 0 aliphatic carbocycles. The number of hydrogen-bond acceptors (Lipinski definition) is 6. The molecule has 1 aliphatic rings. The first-order valence-electron chi connectivity index (χ1n) is 10.2. The Kier molecular flexibility index (Phi) is 6.54. The third kappa shape index (κ3) is 4.93. The Bertz CT molecular complexity index is 1350. The van der Waals surface area contributed by atoms with E-state index in [-0.39, 0.29) is 28.6 Å². The molecule has 4 rings (SSSR count). The van der Waals surface area contributed by atoms with Gasteiger partial charge >= 0.3 is 18.2 Å². The summed E-state index contributed by atoms with van der Waals surface area (Å²) in [6.45, 7) is 0.00932. The number of rotatable bonds is 4. The van der Waals surface area contributed by atoms with Crippen molar-refractivity contribution in [1.29, 1.82) is 0 Å². The Labute approximate surface area is 206 Å². The van der Waals surface area contributed by atoms with Crippen LogP contribution in [-0.4, -0.2) is 41.1 Å². The van der Waals surface area contributed by atoms with Gasteiger partial charge in [-0.2, -0.15) is 18.2 Å². The minimum atomic E-state index is -4.66. The fourth-order valence-electron chi connectivity index (χ4n) is 3.41. The second kappa shape index (κ2) is 9.45. The van der Waals surface area contributed by atoms with Gasteiger partial charge in [0.05, 0.1) is 40.4 Å². The van der Waals surface area contributed by atoms with Crippen LogP contribution in [0.15, 0.2) is 36.8 Å². The SMILES string of the molecule is CNc1ncc2c(n1)N(C)C(=O)N(c1cc(NC(=O)Nc3cncc(C(F)(F)F)c3)c(F)cc1Cl)C2. The van der Waals surface area contributed by atoms with E-state index in [4.69, 9.17) is 11.6 Å². The number of carbonyl (C=O) groups is 2. The van der Waals surface area contributed by atoms with Crippen LogP contribution in [-0.2, 0) is 12.7 Å². The van der Waals surface area contributed by atoms with Crippen LogP contribution in [0.3, 0.4) is 0 Å². The Balaban J connectivity index is 1.58. The summed E-state index contributed by atoms with van der Waals surface area (Å²) in [4.78, 5) is 39.8. The van der Waals surface area contributed by atoms with E-state index in [0.29, 0.717) is 29.6 Å². The van der Waals surface area contributed by atoms with Gasteiger partial charge in [-0.3, -0.25) is 14.8 Å². The highest BCUT2D eigenvalue weighted by Gasteiger charge is 2.33. The maximum absolute atomic E-state index is 14.6. The zero-order valence-electron chi connectivity index (χ0n) is 18.6. The van der Waals surface area contributed by atoms with E-state index < -0.39 is 29.6 Å². The molecule has 36 heavy (non-hydrogen) atoms. The topological polar surface area (TPSA) is 115 Å². The van der Waals surface area contributed by atoms with Crippen LogP contribution < -0.4 is 25.8 Å². The van der Waals surface area contributed by atoms with Crippen LogP contribution in [0, 0.1) is 5.82 Å². The Morgan fingerprint density at radius 3 is 2.58 bits per heavy atom. The molecule has 4 amide bonds. The van der Waals surface area contributed by atoms with Crippen molar-refractivity contribution in [3.8, 4) is 0 Å². The first-order valence-corrected chi connectivity index (χ1v) is 10.5. The van der Waals surface area contributed by atoms with Crippen LogP contribution >= 0.6 is 11.6 Å². The molecule has 1 aromatic carbocycles. The molecule has 0 atom stereocenters. The van der Waals surface area contributed by atoms with Crippen molar-refractivity contribution in [2.75, 3.05) is 39.8 Å². The molecule has 0 unspecified atom stereocenters. The van der Waals surface area contributed by atoms with E-state index in [0.717, 1.165) is 18.3 Å². The predicted octanol–water partition coefficient (Wildman–Crippen LogP) is 4.95. The number of nitrogens with one attached hydrogen (secondary N) is 3. The number of anilines is 5. The Morgan fingerprint density at radius 1 is 1.14 bits per heavy atom. The van der Waals surface area contributed by atoms with Crippen LogP contribution in [0.4, 0.5) is 56.0 Å². The number of hydrogen-bond donors (Lipinski definition) is 3. The van der Waals surface area contributed by atoms with Gasteiger partial charge in [-0.1, -0.05) is 11.6 Å². The summed E-state index contributed by atoms with van der Waals surface area (Å²) in [7, 11) is 3.12. The van der Waals surface area contributed by atoms with E-state index >= 15 is 0 Å². The van der Waals surface area contributed by atoms with Gasteiger partial charge in [-0.05, 0) is 18.2 Å².